The topological polar surface area (TPSA) is 31.4 Å². The molecule has 3 nitrogen and oxygen atoms in total. The van der Waals surface area contributed by atoms with Crippen molar-refractivity contribution in [2.24, 2.45) is 0 Å². The molecule has 2 heterocycles. The standard InChI is InChI=1S/C15H21BFNO2/c1-14(2)15(3,4)20-16(19-14)11-8-9-18-13(17)12(11)10-6-5-7-10/h8-10H,5-7H2,1-4H3. The molecular formula is C15H21BFNO2. The number of nitrogens with zero attached hydrogens (tertiary/aromatic N) is 1. The van der Waals surface area contributed by atoms with Crippen molar-refractivity contribution in [3.05, 3.63) is 23.8 Å². The molecule has 1 aliphatic heterocycles. The second kappa shape index (κ2) is 4.53. The monoisotopic (exact) mass is 277 g/mol. The fraction of sp³-hybridized carbons (Fsp3) is 0.667. The van der Waals surface area contributed by atoms with Gasteiger partial charge in [-0.05, 0) is 58.0 Å². The largest absolute Gasteiger partial charge is 0.495 e. The molecule has 3 rings (SSSR count). The summed E-state index contributed by atoms with van der Waals surface area (Å²) in [7, 11) is -0.506. The first kappa shape index (κ1) is 14.0. The van der Waals surface area contributed by atoms with Gasteiger partial charge in [-0.1, -0.05) is 6.42 Å². The van der Waals surface area contributed by atoms with Gasteiger partial charge in [0.05, 0.1) is 11.2 Å². The first-order chi connectivity index (χ1) is 9.32. The predicted octanol–water partition coefficient (Wildman–Crippen LogP) is 2.79. The molecule has 0 N–H and O–H groups in total. The lowest BCUT2D eigenvalue weighted by Gasteiger charge is -2.32. The molecule has 1 saturated carbocycles. The third kappa shape index (κ3) is 2.08. The smallest absolute Gasteiger partial charge is 0.399 e. The van der Waals surface area contributed by atoms with Gasteiger partial charge >= 0.3 is 7.12 Å². The minimum absolute atomic E-state index is 0.262. The van der Waals surface area contributed by atoms with Crippen LogP contribution in [0, 0.1) is 5.95 Å². The number of hydrogen-bond donors (Lipinski definition) is 0. The lowest BCUT2D eigenvalue weighted by atomic mass is 9.69. The van der Waals surface area contributed by atoms with Gasteiger partial charge in [-0.15, -0.1) is 0 Å². The lowest BCUT2D eigenvalue weighted by Crippen LogP contribution is -2.41. The Morgan fingerprint density at radius 2 is 1.80 bits per heavy atom. The Balaban J connectivity index is 1.97. The molecule has 20 heavy (non-hydrogen) atoms. The molecule has 0 spiro atoms. The van der Waals surface area contributed by atoms with Crippen LogP contribution >= 0.6 is 0 Å². The average Bonchev–Trinajstić information content (AvgIpc) is 2.48. The van der Waals surface area contributed by atoms with E-state index in [0.29, 0.717) is 5.56 Å². The summed E-state index contributed by atoms with van der Waals surface area (Å²) in [5.74, 6) is -0.111. The SMILES string of the molecule is CC1(C)OB(c2ccnc(F)c2C2CCC2)OC1(C)C. The number of rotatable bonds is 2. The molecule has 0 bridgehead atoms. The highest BCUT2D eigenvalue weighted by atomic mass is 19.1. The van der Waals surface area contributed by atoms with Gasteiger partial charge in [0.2, 0.25) is 5.95 Å². The van der Waals surface area contributed by atoms with E-state index in [0.717, 1.165) is 24.7 Å². The first-order valence-corrected chi connectivity index (χ1v) is 7.32. The molecule has 108 valence electrons. The van der Waals surface area contributed by atoms with Crippen LogP contribution < -0.4 is 5.46 Å². The van der Waals surface area contributed by atoms with E-state index in [1.165, 1.54) is 6.20 Å². The fourth-order valence-corrected chi connectivity index (χ4v) is 2.74. The van der Waals surface area contributed by atoms with Crippen molar-refractivity contribution in [2.75, 3.05) is 0 Å². The number of pyridine rings is 1. The molecule has 1 aliphatic carbocycles. The summed E-state index contributed by atoms with van der Waals surface area (Å²) in [5, 5.41) is 0. The Bertz CT molecular complexity index is 513. The molecule has 1 aromatic heterocycles. The summed E-state index contributed by atoms with van der Waals surface area (Å²) in [6.45, 7) is 8.03. The van der Waals surface area contributed by atoms with Crippen LogP contribution in [-0.4, -0.2) is 23.3 Å². The minimum Gasteiger partial charge on any atom is -0.399 e. The van der Waals surface area contributed by atoms with E-state index in [1.54, 1.807) is 0 Å². The Labute approximate surface area is 120 Å². The van der Waals surface area contributed by atoms with Crippen LogP contribution in [0.3, 0.4) is 0 Å². The molecule has 0 atom stereocenters. The molecule has 1 saturated heterocycles. The van der Waals surface area contributed by atoms with Crippen molar-refractivity contribution in [3.63, 3.8) is 0 Å². The van der Waals surface area contributed by atoms with Gasteiger partial charge in [0.25, 0.3) is 0 Å². The van der Waals surface area contributed by atoms with Crippen LogP contribution in [0.25, 0.3) is 0 Å². The van der Waals surface area contributed by atoms with Crippen LogP contribution in [0.5, 0.6) is 0 Å². The Morgan fingerprint density at radius 3 is 2.30 bits per heavy atom. The Hall–Kier alpha value is -0.935. The van der Waals surface area contributed by atoms with E-state index in [-0.39, 0.29) is 11.9 Å². The maximum atomic E-state index is 14.1. The number of hydrogen-bond acceptors (Lipinski definition) is 3. The number of halogens is 1. The molecule has 0 aromatic carbocycles. The van der Waals surface area contributed by atoms with E-state index < -0.39 is 18.3 Å². The van der Waals surface area contributed by atoms with E-state index in [2.05, 4.69) is 4.98 Å². The highest BCUT2D eigenvalue weighted by Gasteiger charge is 2.52. The van der Waals surface area contributed by atoms with E-state index in [9.17, 15) is 4.39 Å². The highest BCUT2D eigenvalue weighted by Crippen LogP contribution is 2.40. The number of aromatic nitrogens is 1. The normalized spacial score (nSPS) is 24.8. The zero-order chi connectivity index (χ0) is 14.5. The molecule has 0 radical (unpaired) electrons. The van der Waals surface area contributed by atoms with Crippen LogP contribution in [0.15, 0.2) is 12.3 Å². The van der Waals surface area contributed by atoms with E-state index in [4.69, 9.17) is 9.31 Å². The fourth-order valence-electron chi connectivity index (χ4n) is 2.74. The van der Waals surface area contributed by atoms with Gasteiger partial charge in [0, 0.05) is 11.8 Å². The summed E-state index contributed by atoms with van der Waals surface area (Å²) in [6, 6.07) is 1.83. The Morgan fingerprint density at radius 1 is 1.20 bits per heavy atom. The summed E-state index contributed by atoms with van der Waals surface area (Å²) in [6.07, 6.45) is 4.70. The van der Waals surface area contributed by atoms with Crippen LogP contribution in [-0.2, 0) is 9.31 Å². The Kier molecular flexibility index (Phi) is 3.18. The minimum atomic E-state index is -0.506. The highest BCUT2D eigenvalue weighted by molar-refractivity contribution is 6.62. The second-order valence-electron chi connectivity index (χ2n) is 6.82. The van der Waals surface area contributed by atoms with Crippen molar-refractivity contribution in [2.45, 2.75) is 64.1 Å². The van der Waals surface area contributed by atoms with Crippen LogP contribution in [0.1, 0.15) is 58.4 Å². The molecule has 0 unspecified atom stereocenters. The van der Waals surface area contributed by atoms with Crippen LogP contribution in [0.2, 0.25) is 0 Å². The third-order valence-corrected chi connectivity index (χ3v) is 5.00. The van der Waals surface area contributed by atoms with E-state index >= 15 is 0 Å². The van der Waals surface area contributed by atoms with Gasteiger partial charge in [-0.3, -0.25) is 0 Å². The quantitative estimate of drug-likeness (QED) is 0.615. The van der Waals surface area contributed by atoms with Crippen molar-refractivity contribution in [1.29, 1.82) is 0 Å². The van der Waals surface area contributed by atoms with Gasteiger partial charge in [-0.25, -0.2) is 4.98 Å². The van der Waals surface area contributed by atoms with Gasteiger partial charge in [0.15, 0.2) is 0 Å². The third-order valence-electron chi connectivity index (χ3n) is 5.00. The average molecular weight is 277 g/mol. The zero-order valence-electron chi connectivity index (χ0n) is 12.6. The van der Waals surface area contributed by atoms with Gasteiger partial charge < -0.3 is 9.31 Å². The molecule has 2 fully saturated rings. The maximum absolute atomic E-state index is 14.1. The van der Waals surface area contributed by atoms with Crippen molar-refractivity contribution in [3.8, 4) is 0 Å². The maximum Gasteiger partial charge on any atom is 0.495 e. The summed E-state index contributed by atoms with van der Waals surface area (Å²) in [4.78, 5) is 3.81. The van der Waals surface area contributed by atoms with Crippen molar-refractivity contribution >= 4 is 12.6 Å². The summed E-state index contributed by atoms with van der Waals surface area (Å²) in [5.41, 5.74) is 0.681. The van der Waals surface area contributed by atoms with Crippen LogP contribution in [0.4, 0.5) is 4.39 Å². The molecule has 1 aromatic rings. The summed E-state index contributed by atoms with van der Waals surface area (Å²) >= 11 is 0. The molecule has 0 amide bonds. The first-order valence-electron chi connectivity index (χ1n) is 7.32. The molecular weight excluding hydrogens is 256 g/mol. The van der Waals surface area contributed by atoms with Gasteiger partial charge in [-0.2, -0.15) is 4.39 Å². The lowest BCUT2D eigenvalue weighted by molar-refractivity contribution is 0.00578. The molecule has 5 heteroatoms. The van der Waals surface area contributed by atoms with E-state index in [1.807, 2.05) is 33.8 Å². The predicted molar refractivity (Wildman–Crippen MR) is 76.5 cm³/mol. The zero-order valence-corrected chi connectivity index (χ0v) is 12.6. The van der Waals surface area contributed by atoms with Gasteiger partial charge in [0.1, 0.15) is 0 Å². The summed E-state index contributed by atoms with van der Waals surface area (Å²) < 4.78 is 26.2. The second-order valence-corrected chi connectivity index (χ2v) is 6.82. The van der Waals surface area contributed by atoms with Crippen molar-refractivity contribution in [1.82, 2.24) is 4.98 Å². The molecule has 2 aliphatic rings. The van der Waals surface area contributed by atoms with Crippen molar-refractivity contribution < 1.29 is 13.7 Å².